The lowest BCUT2D eigenvalue weighted by Gasteiger charge is -2.04. The molecule has 0 aliphatic heterocycles. The minimum Gasteiger partial charge on any atom is -0.212 e. The zero-order valence-electron chi connectivity index (χ0n) is 12.2. The molecule has 5 nitrogen and oxygen atoms in total. The third-order valence-corrected chi connectivity index (χ3v) is 5.40. The van der Waals surface area contributed by atoms with Crippen LogP contribution in [0, 0.1) is 0 Å². The van der Waals surface area contributed by atoms with Crippen molar-refractivity contribution in [3.63, 3.8) is 0 Å². The maximum atomic E-state index is 12.1. The predicted octanol–water partition coefficient (Wildman–Crippen LogP) is 2.82. The van der Waals surface area contributed by atoms with Crippen LogP contribution in [0.25, 0.3) is 10.6 Å². The van der Waals surface area contributed by atoms with Crippen molar-refractivity contribution in [3.05, 3.63) is 71.2 Å². The van der Waals surface area contributed by atoms with Crippen LogP contribution in [0.5, 0.6) is 0 Å². The molecule has 0 bridgehead atoms. The van der Waals surface area contributed by atoms with Crippen molar-refractivity contribution in [2.45, 2.75) is 12.3 Å². The van der Waals surface area contributed by atoms with Gasteiger partial charge in [0.1, 0.15) is 10.0 Å². The first-order valence-electron chi connectivity index (χ1n) is 7.01. The van der Waals surface area contributed by atoms with Gasteiger partial charge in [-0.05, 0) is 5.56 Å². The fraction of sp³-hybridized carbons (Fsp3) is 0.125. The van der Waals surface area contributed by atoms with Gasteiger partial charge in [-0.1, -0.05) is 72.0 Å². The summed E-state index contributed by atoms with van der Waals surface area (Å²) in [5.74, 6) is -0.0435. The number of aromatic nitrogens is 2. The molecule has 1 heterocycles. The number of benzene rings is 2. The number of rotatable bonds is 6. The molecule has 118 valence electrons. The SMILES string of the molecule is O=S(=O)(Cc1ccccc1)NCc1nnc(-c2ccccc2)s1. The first-order chi connectivity index (χ1) is 11.1. The van der Waals surface area contributed by atoms with E-state index in [1.54, 1.807) is 12.1 Å². The molecule has 0 atom stereocenters. The highest BCUT2D eigenvalue weighted by Crippen LogP contribution is 2.22. The summed E-state index contributed by atoms with van der Waals surface area (Å²) in [6.07, 6.45) is 0. The van der Waals surface area contributed by atoms with Crippen molar-refractivity contribution in [1.29, 1.82) is 0 Å². The Morgan fingerprint density at radius 1 is 0.913 bits per heavy atom. The van der Waals surface area contributed by atoms with Gasteiger partial charge >= 0.3 is 0 Å². The van der Waals surface area contributed by atoms with Crippen molar-refractivity contribution in [2.24, 2.45) is 0 Å². The Balaban J connectivity index is 1.63. The van der Waals surface area contributed by atoms with Crippen LogP contribution < -0.4 is 4.72 Å². The number of hydrogen-bond donors (Lipinski definition) is 1. The molecule has 3 aromatic rings. The standard InChI is InChI=1S/C16H15N3O2S2/c20-23(21,12-13-7-3-1-4-8-13)17-11-15-18-19-16(22-15)14-9-5-2-6-10-14/h1-10,17H,11-12H2. The number of hydrogen-bond acceptors (Lipinski definition) is 5. The maximum absolute atomic E-state index is 12.1. The highest BCUT2D eigenvalue weighted by atomic mass is 32.2. The molecule has 0 saturated carbocycles. The molecule has 1 aromatic heterocycles. The van der Waals surface area contributed by atoms with Crippen LogP contribution in [0.4, 0.5) is 0 Å². The van der Waals surface area contributed by atoms with Crippen molar-refractivity contribution < 1.29 is 8.42 Å². The van der Waals surface area contributed by atoms with Gasteiger partial charge in [-0.25, -0.2) is 13.1 Å². The summed E-state index contributed by atoms with van der Waals surface area (Å²) in [7, 11) is -3.40. The molecular formula is C16H15N3O2S2. The summed E-state index contributed by atoms with van der Waals surface area (Å²) in [5.41, 5.74) is 1.73. The van der Waals surface area contributed by atoms with E-state index < -0.39 is 10.0 Å². The Bertz CT molecular complexity index is 863. The molecular weight excluding hydrogens is 330 g/mol. The monoisotopic (exact) mass is 345 g/mol. The second-order valence-corrected chi connectivity index (χ2v) is 7.80. The summed E-state index contributed by atoms with van der Waals surface area (Å²) in [6, 6.07) is 18.8. The van der Waals surface area contributed by atoms with Gasteiger partial charge in [-0.15, -0.1) is 10.2 Å². The van der Waals surface area contributed by atoms with Gasteiger partial charge in [0, 0.05) is 5.56 Å². The van der Waals surface area contributed by atoms with Gasteiger partial charge in [0.25, 0.3) is 0 Å². The fourth-order valence-corrected chi connectivity index (χ4v) is 4.00. The largest absolute Gasteiger partial charge is 0.216 e. The number of sulfonamides is 1. The third kappa shape index (κ3) is 4.44. The molecule has 23 heavy (non-hydrogen) atoms. The van der Waals surface area contributed by atoms with Crippen LogP contribution in [0.3, 0.4) is 0 Å². The van der Waals surface area contributed by atoms with Crippen LogP contribution >= 0.6 is 11.3 Å². The van der Waals surface area contributed by atoms with Crippen LogP contribution in [0.2, 0.25) is 0 Å². The van der Waals surface area contributed by atoms with E-state index in [2.05, 4.69) is 14.9 Å². The predicted molar refractivity (Wildman–Crippen MR) is 91.3 cm³/mol. The summed E-state index contributed by atoms with van der Waals surface area (Å²) >= 11 is 1.38. The van der Waals surface area contributed by atoms with Gasteiger partial charge in [0.2, 0.25) is 10.0 Å². The molecule has 2 aromatic carbocycles. The third-order valence-electron chi connectivity index (χ3n) is 3.13. The van der Waals surface area contributed by atoms with Gasteiger partial charge in [0.15, 0.2) is 0 Å². The van der Waals surface area contributed by atoms with E-state index in [1.807, 2.05) is 48.5 Å². The Morgan fingerprint density at radius 3 is 2.26 bits per heavy atom. The Hall–Kier alpha value is -2.09. The molecule has 0 spiro atoms. The van der Waals surface area contributed by atoms with Crippen molar-refractivity contribution in [1.82, 2.24) is 14.9 Å². The summed E-state index contributed by atoms with van der Waals surface area (Å²) in [6.45, 7) is 0.152. The smallest absolute Gasteiger partial charge is 0.212 e. The molecule has 0 aliphatic carbocycles. The summed E-state index contributed by atoms with van der Waals surface area (Å²) < 4.78 is 26.8. The van der Waals surface area contributed by atoms with E-state index in [9.17, 15) is 8.42 Å². The Labute approximate surface area is 139 Å². The van der Waals surface area contributed by atoms with E-state index in [0.29, 0.717) is 5.01 Å². The van der Waals surface area contributed by atoms with E-state index in [4.69, 9.17) is 0 Å². The highest BCUT2D eigenvalue weighted by molar-refractivity contribution is 7.88. The van der Waals surface area contributed by atoms with Crippen LogP contribution in [0.15, 0.2) is 60.7 Å². The van der Waals surface area contributed by atoms with E-state index in [-0.39, 0.29) is 12.3 Å². The van der Waals surface area contributed by atoms with Crippen LogP contribution in [-0.2, 0) is 22.3 Å². The number of nitrogens with one attached hydrogen (secondary N) is 1. The zero-order chi connectivity index (χ0) is 16.1. The van der Waals surface area contributed by atoms with Crippen molar-refractivity contribution in [2.75, 3.05) is 0 Å². The van der Waals surface area contributed by atoms with Gasteiger partial charge < -0.3 is 0 Å². The molecule has 0 radical (unpaired) electrons. The van der Waals surface area contributed by atoms with Crippen molar-refractivity contribution in [3.8, 4) is 10.6 Å². The Kier molecular flexibility index (Phi) is 4.80. The second-order valence-electron chi connectivity index (χ2n) is 4.93. The average molecular weight is 345 g/mol. The fourth-order valence-electron chi connectivity index (χ4n) is 2.04. The van der Waals surface area contributed by atoms with Gasteiger partial charge in [-0.3, -0.25) is 0 Å². The lowest BCUT2D eigenvalue weighted by atomic mass is 10.2. The lowest BCUT2D eigenvalue weighted by Crippen LogP contribution is -2.24. The molecule has 3 rings (SSSR count). The molecule has 1 N–H and O–H groups in total. The lowest BCUT2D eigenvalue weighted by molar-refractivity contribution is 0.580. The maximum Gasteiger partial charge on any atom is 0.216 e. The molecule has 0 fully saturated rings. The van der Waals surface area contributed by atoms with Gasteiger partial charge in [0.05, 0.1) is 12.3 Å². The molecule has 0 aliphatic rings. The first kappa shape index (κ1) is 15.8. The average Bonchev–Trinajstić information content (AvgIpc) is 3.04. The van der Waals surface area contributed by atoms with E-state index >= 15 is 0 Å². The highest BCUT2D eigenvalue weighted by Gasteiger charge is 2.13. The molecule has 0 unspecified atom stereocenters. The second kappa shape index (κ2) is 6.99. The zero-order valence-corrected chi connectivity index (χ0v) is 13.8. The summed E-state index contributed by atoms with van der Waals surface area (Å²) in [4.78, 5) is 0. The minimum absolute atomic E-state index is 0.0435. The summed E-state index contributed by atoms with van der Waals surface area (Å²) in [5, 5.41) is 9.57. The quantitative estimate of drug-likeness (QED) is 0.746. The van der Waals surface area contributed by atoms with E-state index in [0.717, 1.165) is 16.1 Å². The van der Waals surface area contributed by atoms with Crippen LogP contribution in [0.1, 0.15) is 10.6 Å². The number of nitrogens with zero attached hydrogens (tertiary/aromatic N) is 2. The first-order valence-corrected chi connectivity index (χ1v) is 9.48. The van der Waals surface area contributed by atoms with E-state index in [1.165, 1.54) is 11.3 Å². The normalized spacial score (nSPS) is 11.5. The molecule has 0 amide bonds. The topological polar surface area (TPSA) is 72.0 Å². The van der Waals surface area contributed by atoms with Crippen LogP contribution in [-0.4, -0.2) is 18.6 Å². The molecule has 0 saturated heterocycles. The van der Waals surface area contributed by atoms with Crippen molar-refractivity contribution >= 4 is 21.4 Å². The minimum atomic E-state index is -3.40. The van der Waals surface area contributed by atoms with Gasteiger partial charge in [-0.2, -0.15) is 0 Å². The Morgan fingerprint density at radius 2 is 1.57 bits per heavy atom. The molecule has 7 heteroatoms.